The van der Waals surface area contributed by atoms with E-state index in [9.17, 15) is 0 Å². The Hall–Kier alpha value is -0.380. The van der Waals surface area contributed by atoms with Gasteiger partial charge < -0.3 is 10.2 Å². The molecule has 0 saturated heterocycles. The van der Waals surface area contributed by atoms with Crippen molar-refractivity contribution in [2.24, 2.45) is 0 Å². The average molecular weight is 173 g/mol. The molecule has 0 fully saturated rings. The highest BCUT2D eigenvalue weighted by atomic mass is 16.3. The highest BCUT2D eigenvalue weighted by Crippen LogP contribution is 1.93. The van der Waals surface area contributed by atoms with E-state index in [1.165, 1.54) is 0 Å². The van der Waals surface area contributed by atoms with Gasteiger partial charge in [-0.05, 0) is 12.8 Å². The molecule has 0 heterocycles. The van der Waals surface area contributed by atoms with Crippen molar-refractivity contribution in [1.82, 2.24) is 4.90 Å². The fraction of sp³-hybridized carbons (Fsp3) is 0.778. The molecule has 0 rings (SSSR count). The highest BCUT2D eigenvalue weighted by Gasteiger charge is 2.00. The summed E-state index contributed by atoms with van der Waals surface area (Å²) in [5.41, 5.74) is 0. The minimum atomic E-state index is 0.229. The highest BCUT2D eigenvalue weighted by molar-refractivity contribution is 4.73. The average Bonchev–Trinajstić information content (AvgIpc) is 2.10. The van der Waals surface area contributed by atoms with Gasteiger partial charge in [0.25, 0.3) is 0 Å². The van der Waals surface area contributed by atoms with Gasteiger partial charge in [-0.25, -0.2) is 0 Å². The first-order valence-electron chi connectivity index (χ1n) is 4.40. The molecule has 0 atom stereocenters. The summed E-state index contributed by atoms with van der Waals surface area (Å²) in [4.78, 5) is 2.17. The van der Waals surface area contributed by atoms with Gasteiger partial charge in [0, 0.05) is 32.8 Å². The van der Waals surface area contributed by atoms with Gasteiger partial charge in [-0.15, -0.1) is 6.58 Å². The van der Waals surface area contributed by atoms with Crippen LogP contribution in [0.4, 0.5) is 0 Å². The van der Waals surface area contributed by atoms with Crippen LogP contribution in [0, 0.1) is 0 Å². The van der Waals surface area contributed by atoms with Crippen LogP contribution in [0.3, 0.4) is 0 Å². The van der Waals surface area contributed by atoms with Gasteiger partial charge in [-0.1, -0.05) is 6.08 Å². The van der Waals surface area contributed by atoms with Crippen molar-refractivity contribution >= 4 is 0 Å². The van der Waals surface area contributed by atoms with E-state index in [0.717, 1.165) is 32.5 Å². The van der Waals surface area contributed by atoms with Gasteiger partial charge in [0.1, 0.15) is 0 Å². The summed E-state index contributed by atoms with van der Waals surface area (Å²) in [6.07, 6.45) is 3.42. The molecule has 2 N–H and O–H groups in total. The van der Waals surface area contributed by atoms with Crippen molar-refractivity contribution in [1.29, 1.82) is 0 Å². The van der Waals surface area contributed by atoms with Crippen LogP contribution in [0.25, 0.3) is 0 Å². The predicted molar refractivity (Wildman–Crippen MR) is 50.0 cm³/mol. The van der Waals surface area contributed by atoms with Crippen molar-refractivity contribution in [2.45, 2.75) is 12.8 Å². The summed E-state index contributed by atoms with van der Waals surface area (Å²) in [7, 11) is 0. The maximum atomic E-state index is 8.61. The molecular formula is C9H19NO2. The van der Waals surface area contributed by atoms with Gasteiger partial charge in [-0.3, -0.25) is 4.90 Å². The fourth-order valence-electron chi connectivity index (χ4n) is 1.07. The Labute approximate surface area is 74.3 Å². The largest absolute Gasteiger partial charge is 0.396 e. The van der Waals surface area contributed by atoms with Gasteiger partial charge in [0.2, 0.25) is 0 Å². The lowest BCUT2D eigenvalue weighted by Gasteiger charge is -2.19. The summed E-state index contributed by atoms with van der Waals surface area (Å²) < 4.78 is 0. The van der Waals surface area contributed by atoms with E-state index in [4.69, 9.17) is 10.2 Å². The van der Waals surface area contributed by atoms with Crippen LogP contribution >= 0.6 is 0 Å². The molecule has 0 spiro atoms. The van der Waals surface area contributed by atoms with Crippen LogP contribution in [0.2, 0.25) is 0 Å². The predicted octanol–water partition coefficient (Wildman–Crippen LogP) is 0.239. The molecule has 0 amide bonds. The molecule has 0 aromatic rings. The number of aliphatic hydroxyl groups excluding tert-OH is 2. The molecule has 3 heteroatoms. The molecular weight excluding hydrogens is 154 g/mol. The second kappa shape index (κ2) is 8.71. The maximum Gasteiger partial charge on any atom is 0.0443 e. The van der Waals surface area contributed by atoms with E-state index in [1.807, 2.05) is 6.08 Å². The van der Waals surface area contributed by atoms with Gasteiger partial charge in [0.05, 0.1) is 0 Å². The molecule has 0 aliphatic heterocycles. The number of nitrogens with zero attached hydrogens (tertiary/aromatic N) is 1. The Morgan fingerprint density at radius 3 is 1.92 bits per heavy atom. The first-order valence-corrected chi connectivity index (χ1v) is 4.40. The molecule has 3 nitrogen and oxygen atoms in total. The van der Waals surface area contributed by atoms with Crippen LogP contribution in [-0.2, 0) is 0 Å². The van der Waals surface area contributed by atoms with E-state index < -0.39 is 0 Å². The lowest BCUT2D eigenvalue weighted by atomic mass is 10.3. The number of aliphatic hydroxyl groups is 2. The Bertz CT molecular complexity index is 98.7. The van der Waals surface area contributed by atoms with Gasteiger partial charge >= 0.3 is 0 Å². The third-order valence-electron chi connectivity index (χ3n) is 1.65. The molecule has 0 bridgehead atoms. The van der Waals surface area contributed by atoms with Crippen molar-refractivity contribution in [2.75, 3.05) is 32.8 Å². The lowest BCUT2D eigenvalue weighted by Crippen LogP contribution is -2.27. The smallest absolute Gasteiger partial charge is 0.0443 e. The summed E-state index contributed by atoms with van der Waals surface area (Å²) >= 11 is 0. The van der Waals surface area contributed by atoms with Crippen LogP contribution in [0.15, 0.2) is 12.7 Å². The van der Waals surface area contributed by atoms with E-state index in [2.05, 4.69) is 11.5 Å². The summed E-state index contributed by atoms with van der Waals surface area (Å²) in [5, 5.41) is 17.2. The quantitative estimate of drug-likeness (QED) is 0.517. The molecule has 0 aromatic carbocycles. The zero-order chi connectivity index (χ0) is 9.23. The van der Waals surface area contributed by atoms with E-state index in [0.29, 0.717) is 0 Å². The van der Waals surface area contributed by atoms with Crippen molar-refractivity contribution in [3.05, 3.63) is 12.7 Å². The first-order chi connectivity index (χ1) is 5.85. The zero-order valence-electron chi connectivity index (χ0n) is 7.58. The molecule has 0 aromatic heterocycles. The second-order valence-corrected chi connectivity index (χ2v) is 2.74. The minimum Gasteiger partial charge on any atom is -0.396 e. The molecule has 12 heavy (non-hydrogen) atoms. The van der Waals surface area contributed by atoms with Crippen LogP contribution in [-0.4, -0.2) is 48.0 Å². The van der Waals surface area contributed by atoms with E-state index >= 15 is 0 Å². The third kappa shape index (κ3) is 6.34. The van der Waals surface area contributed by atoms with Crippen LogP contribution in [0.1, 0.15) is 12.8 Å². The summed E-state index contributed by atoms with van der Waals surface area (Å²) in [6.45, 7) is 6.70. The van der Waals surface area contributed by atoms with E-state index in [1.54, 1.807) is 0 Å². The van der Waals surface area contributed by atoms with Gasteiger partial charge in [0.15, 0.2) is 0 Å². The summed E-state index contributed by atoms with van der Waals surface area (Å²) in [5.74, 6) is 0. The number of hydrogen-bond acceptors (Lipinski definition) is 3. The minimum absolute atomic E-state index is 0.229. The molecule has 0 aliphatic rings. The number of rotatable bonds is 8. The van der Waals surface area contributed by atoms with Crippen LogP contribution in [0.5, 0.6) is 0 Å². The fourth-order valence-corrected chi connectivity index (χ4v) is 1.07. The lowest BCUT2D eigenvalue weighted by molar-refractivity contribution is 0.213. The number of hydrogen-bond donors (Lipinski definition) is 2. The van der Waals surface area contributed by atoms with Crippen molar-refractivity contribution < 1.29 is 10.2 Å². The summed E-state index contributed by atoms with van der Waals surface area (Å²) in [6, 6.07) is 0. The standard InChI is InChI=1S/C9H19NO2/c1-2-5-10(6-3-8-11)7-4-9-12/h2,11-12H,1,3-9H2. The molecule has 0 radical (unpaired) electrons. The Morgan fingerprint density at radius 1 is 1.08 bits per heavy atom. The normalized spacial score (nSPS) is 10.6. The molecule has 0 unspecified atom stereocenters. The second-order valence-electron chi connectivity index (χ2n) is 2.74. The molecule has 0 saturated carbocycles. The Balaban J connectivity index is 3.46. The third-order valence-corrected chi connectivity index (χ3v) is 1.65. The molecule has 72 valence electrons. The maximum absolute atomic E-state index is 8.61. The van der Waals surface area contributed by atoms with Gasteiger partial charge in [-0.2, -0.15) is 0 Å². The van der Waals surface area contributed by atoms with Crippen molar-refractivity contribution in [3.8, 4) is 0 Å². The monoisotopic (exact) mass is 173 g/mol. The Kier molecular flexibility index (Phi) is 8.44. The van der Waals surface area contributed by atoms with Crippen LogP contribution < -0.4 is 0 Å². The SMILES string of the molecule is C=CCN(CCCO)CCCO. The molecule has 0 aliphatic carbocycles. The van der Waals surface area contributed by atoms with E-state index in [-0.39, 0.29) is 13.2 Å². The zero-order valence-corrected chi connectivity index (χ0v) is 7.58. The Morgan fingerprint density at radius 2 is 1.58 bits per heavy atom. The first kappa shape index (κ1) is 11.6. The van der Waals surface area contributed by atoms with Crippen molar-refractivity contribution in [3.63, 3.8) is 0 Å². The topological polar surface area (TPSA) is 43.7 Å².